The highest BCUT2D eigenvalue weighted by molar-refractivity contribution is 6.30. The minimum absolute atomic E-state index is 0.244. The number of anilines is 1. The molecule has 3 rings (SSSR count). The fraction of sp³-hybridized carbons (Fsp3) is 0.125. The van der Waals surface area contributed by atoms with Gasteiger partial charge in [-0.05, 0) is 60.0 Å². The first kappa shape index (κ1) is 20.5. The summed E-state index contributed by atoms with van der Waals surface area (Å²) in [6, 6.07) is 20.6. The molecule has 3 aromatic rings. The monoisotopic (exact) mass is 407 g/mol. The van der Waals surface area contributed by atoms with Crippen LogP contribution in [-0.2, 0) is 11.4 Å². The van der Waals surface area contributed by atoms with Crippen LogP contribution in [0.2, 0.25) is 5.02 Å². The molecule has 4 nitrogen and oxygen atoms in total. The number of benzene rings is 3. The zero-order valence-corrected chi connectivity index (χ0v) is 17.1. The number of amides is 1. The topological polar surface area (TPSA) is 47.6 Å². The molecule has 1 amide bonds. The van der Waals surface area contributed by atoms with E-state index in [2.05, 4.69) is 18.3 Å². The van der Waals surface area contributed by atoms with Gasteiger partial charge >= 0.3 is 0 Å². The fourth-order valence-electron chi connectivity index (χ4n) is 2.76. The van der Waals surface area contributed by atoms with Crippen molar-refractivity contribution in [3.8, 4) is 11.5 Å². The summed E-state index contributed by atoms with van der Waals surface area (Å²) in [6.45, 7) is 2.51. The smallest absolute Gasteiger partial charge is 0.248 e. The number of carbonyl (C=O) groups is 1. The molecule has 3 aromatic carbocycles. The van der Waals surface area contributed by atoms with Crippen LogP contribution < -0.4 is 14.8 Å². The Bertz CT molecular complexity index is 1030. The zero-order valence-electron chi connectivity index (χ0n) is 16.3. The van der Waals surface area contributed by atoms with Crippen molar-refractivity contribution >= 4 is 29.3 Å². The third kappa shape index (κ3) is 5.87. The molecule has 0 saturated carbocycles. The van der Waals surface area contributed by atoms with Crippen molar-refractivity contribution in [3.05, 3.63) is 94.5 Å². The molecule has 0 fully saturated rings. The Labute approximate surface area is 175 Å². The molecule has 29 heavy (non-hydrogen) atoms. The lowest BCUT2D eigenvalue weighted by molar-refractivity contribution is -0.111. The number of hydrogen-bond donors (Lipinski definition) is 1. The molecule has 0 aliphatic heterocycles. The second-order valence-electron chi connectivity index (χ2n) is 6.46. The highest BCUT2D eigenvalue weighted by Crippen LogP contribution is 2.29. The summed E-state index contributed by atoms with van der Waals surface area (Å²) >= 11 is 5.93. The maximum atomic E-state index is 12.1. The zero-order chi connectivity index (χ0) is 20.6. The summed E-state index contributed by atoms with van der Waals surface area (Å²) in [5.41, 5.74) is 3.77. The largest absolute Gasteiger partial charge is 0.493 e. The van der Waals surface area contributed by atoms with E-state index in [1.165, 1.54) is 11.6 Å². The van der Waals surface area contributed by atoms with Gasteiger partial charge in [-0.15, -0.1) is 0 Å². The number of aryl methyl sites for hydroxylation is 1. The standard InChI is InChI=1S/C24H22ClNO3/c1-17-6-3-4-7-19(17)16-29-22-12-10-18(14-23(22)28-2)11-13-24(27)26-21-9-5-8-20(25)15-21/h3-15H,16H2,1-2H3,(H,26,27)/b13-11+. The van der Waals surface area contributed by atoms with Gasteiger partial charge in [0.15, 0.2) is 11.5 Å². The van der Waals surface area contributed by atoms with E-state index in [4.69, 9.17) is 21.1 Å². The molecule has 0 unspecified atom stereocenters. The predicted molar refractivity (Wildman–Crippen MR) is 118 cm³/mol. The first-order valence-electron chi connectivity index (χ1n) is 9.15. The van der Waals surface area contributed by atoms with Crippen molar-refractivity contribution in [1.29, 1.82) is 0 Å². The van der Waals surface area contributed by atoms with Gasteiger partial charge in [-0.2, -0.15) is 0 Å². The van der Waals surface area contributed by atoms with Crippen molar-refractivity contribution in [2.24, 2.45) is 0 Å². The molecule has 148 valence electrons. The number of hydrogen-bond acceptors (Lipinski definition) is 3. The van der Waals surface area contributed by atoms with Gasteiger partial charge in [0, 0.05) is 16.8 Å². The Morgan fingerprint density at radius 3 is 2.62 bits per heavy atom. The van der Waals surface area contributed by atoms with Crippen LogP contribution in [0.1, 0.15) is 16.7 Å². The summed E-state index contributed by atoms with van der Waals surface area (Å²) in [4.78, 5) is 12.1. The van der Waals surface area contributed by atoms with E-state index in [0.717, 1.165) is 11.1 Å². The Kier molecular flexibility index (Phi) is 6.93. The van der Waals surface area contributed by atoms with Crippen molar-refractivity contribution in [3.63, 3.8) is 0 Å². The number of halogens is 1. The highest BCUT2D eigenvalue weighted by atomic mass is 35.5. The second kappa shape index (κ2) is 9.80. The summed E-state index contributed by atoms with van der Waals surface area (Å²) in [5.74, 6) is 1.01. The molecule has 0 aromatic heterocycles. The van der Waals surface area contributed by atoms with Crippen LogP contribution in [0, 0.1) is 6.92 Å². The molecule has 0 aliphatic rings. The average molecular weight is 408 g/mol. The van der Waals surface area contributed by atoms with Crippen molar-refractivity contribution in [2.45, 2.75) is 13.5 Å². The number of methoxy groups -OCH3 is 1. The lowest BCUT2D eigenvalue weighted by Crippen LogP contribution is -2.07. The van der Waals surface area contributed by atoms with Gasteiger partial charge in [-0.25, -0.2) is 0 Å². The molecule has 0 aliphatic carbocycles. The first-order valence-corrected chi connectivity index (χ1v) is 9.53. The number of nitrogens with one attached hydrogen (secondary N) is 1. The molecule has 0 bridgehead atoms. The minimum atomic E-state index is -0.244. The lowest BCUT2D eigenvalue weighted by atomic mass is 10.1. The third-order valence-electron chi connectivity index (χ3n) is 4.35. The van der Waals surface area contributed by atoms with Gasteiger partial charge in [0.1, 0.15) is 6.61 Å². The average Bonchev–Trinajstić information content (AvgIpc) is 2.72. The SMILES string of the molecule is COc1cc(/C=C/C(=O)Nc2cccc(Cl)c2)ccc1OCc1ccccc1C. The van der Waals surface area contributed by atoms with Crippen molar-refractivity contribution in [2.75, 3.05) is 12.4 Å². The van der Waals surface area contributed by atoms with Gasteiger partial charge in [-0.3, -0.25) is 4.79 Å². The molecule has 1 N–H and O–H groups in total. The number of ether oxygens (including phenoxy) is 2. The van der Waals surface area contributed by atoms with Gasteiger partial charge in [0.2, 0.25) is 5.91 Å². The second-order valence-corrected chi connectivity index (χ2v) is 6.89. The maximum Gasteiger partial charge on any atom is 0.248 e. The minimum Gasteiger partial charge on any atom is -0.493 e. The molecule has 5 heteroatoms. The van der Waals surface area contributed by atoms with E-state index < -0.39 is 0 Å². The summed E-state index contributed by atoms with van der Waals surface area (Å²) in [7, 11) is 1.59. The Morgan fingerprint density at radius 1 is 1.03 bits per heavy atom. The molecule has 0 radical (unpaired) electrons. The molecule has 0 saturated heterocycles. The number of rotatable bonds is 7. The quantitative estimate of drug-likeness (QED) is 0.497. The Balaban J connectivity index is 1.65. The van der Waals surface area contributed by atoms with Crippen molar-refractivity contribution in [1.82, 2.24) is 0 Å². The van der Waals surface area contributed by atoms with Gasteiger partial charge in [0.05, 0.1) is 7.11 Å². The normalized spacial score (nSPS) is 10.7. The van der Waals surface area contributed by atoms with Crippen LogP contribution in [0.15, 0.2) is 72.8 Å². The number of carbonyl (C=O) groups excluding carboxylic acids is 1. The molecule has 0 atom stereocenters. The molecular formula is C24H22ClNO3. The molecule has 0 heterocycles. The summed E-state index contributed by atoms with van der Waals surface area (Å²) in [5, 5.41) is 3.34. The molecule has 0 spiro atoms. The third-order valence-corrected chi connectivity index (χ3v) is 4.59. The van der Waals surface area contributed by atoms with E-state index in [1.807, 2.05) is 36.4 Å². The lowest BCUT2D eigenvalue weighted by Gasteiger charge is -2.12. The van der Waals surface area contributed by atoms with E-state index >= 15 is 0 Å². The maximum absolute atomic E-state index is 12.1. The van der Waals surface area contributed by atoms with Gasteiger partial charge < -0.3 is 14.8 Å². The van der Waals surface area contributed by atoms with E-state index in [9.17, 15) is 4.79 Å². The fourth-order valence-corrected chi connectivity index (χ4v) is 2.95. The predicted octanol–water partition coefficient (Wildman–Crippen LogP) is 5.89. The van der Waals surface area contributed by atoms with Crippen LogP contribution in [0.3, 0.4) is 0 Å². The Morgan fingerprint density at radius 2 is 1.86 bits per heavy atom. The summed E-state index contributed by atoms with van der Waals surface area (Å²) in [6.07, 6.45) is 3.18. The van der Waals surface area contributed by atoms with Crippen LogP contribution >= 0.6 is 11.6 Å². The van der Waals surface area contributed by atoms with E-state index in [-0.39, 0.29) is 5.91 Å². The first-order chi connectivity index (χ1) is 14.0. The van der Waals surface area contributed by atoms with Crippen molar-refractivity contribution < 1.29 is 14.3 Å². The van der Waals surface area contributed by atoms with Crippen LogP contribution in [-0.4, -0.2) is 13.0 Å². The van der Waals surface area contributed by atoms with Crippen LogP contribution in [0.4, 0.5) is 5.69 Å². The van der Waals surface area contributed by atoms with Gasteiger partial charge in [0.25, 0.3) is 0 Å². The van der Waals surface area contributed by atoms with E-state index in [1.54, 1.807) is 37.5 Å². The summed E-state index contributed by atoms with van der Waals surface area (Å²) < 4.78 is 11.4. The van der Waals surface area contributed by atoms with E-state index in [0.29, 0.717) is 28.8 Å². The van der Waals surface area contributed by atoms with Crippen LogP contribution in [0.5, 0.6) is 11.5 Å². The molecular weight excluding hydrogens is 386 g/mol. The van der Waals surface area contributed by atoms with Gasteiger partial charge in [-0.1, -0.05) is 48.0 Å². The van der Waals surface area contributed by atoms with Crippen LogP contribution in [0.25, 0.3) is 6.08 Å². The highest BCUT2D eigenvalue weighted by Gasteiger charge is 2.07. The Hall–Kier alpha value is -3.24.